The van der Waals surface area contributed by atoms with Gasteiger partial charge in [0.15, 0.2) is 0 Å². The fourth-order valence-corrected chi connectivity index (χ4v) is 3.11. The van der Waals surface area contributed by atoms with Crippen LogP contribution in [0.3, 0.4) is 0 Å². The Morgan fingerprint density at radius 2 is 2.11 bits per heavy atom. The maximum absolute atomic E-state index is 11.0. The third kappa shape index (κ3) is 5.56. The molecule has 1 aromatic carbocycles. The number of carbonyl (C=O) groups is 1. The number of carboxylic acids is 1. The van der Waals surface area contributed by atoms with Gasteiger partial charge in [-0.2, -0.15) is 4.98 Å². The molecule has 0 spiro atoms. The number of nitrogen functional groups attached to an aromatic ring is 1. The van der Waals surface area contributed by atoms with Gasteiger partial charge in [-0.15, -0.1) is 0 Å². The van der Waals surface area contributed by atoms with Crippen molar-refractivity contribution in [1.82, 2.24) is 9.97 Å². The zero-order chi connectivity index (χ0) is 20.7. The Bertz CT molecular complexity index is 826. The molecule has 0 saturated heterocycles. The number of ether oxygens (including phenoxy) is 1. The molecule has 5 N–H and O–H groups in total. The van der Waals surface area contributed by atoms with Gasteiger partial charge in [0.05, 0.1) is 26.2 Å². The minimum atomic E-state index is -0.893. The summed E-state index contributed by atoms with van der Waals surface area (Å²) in [6.07, 6.45) is 2.13. The highest BCUT2D eigenvalue weighted by atomic mass is 16.5. The summed E-state index contributed by atoms with van der Waals surface area (Å²) in [4.78, 5) is 19.6. The van der Waals surface area contributed by atoms with Gasteiger partial charge >= 0.3 is 5.97 Å². The lowest BCUT2D eigenvalue weighted by Crippen LogP contribution is -2.25. The topological polar surface area (TPSA) is 131 Å². The average Bonchev–Trinajstić information content (AvgIpc) is 2.64. The summed E-state index contributed by atoms with van der Waals surface area (Å²) in [6, 6.07) is 5.24. The molecule has 2 aromatic rings. The Labute approximate surface area is 164 Å². The van der Waals surface area contributed by atoms with Crippen molar-refractivity contribution in [3.8, 4) is 5.75 Å². The highest BCUT2D eigenvalue weighted by molar-refractivity contribution is 5.70. The molecule has 1 heterocycles. The number of aliphatic carboxylic acids is 1. The molecule has 2 rings (SSSR count). The lowest BCUT2D eigenvalue weighted by molar-refractivity contribution is -0.136. The number of nitrogens with two attached hydrogens (primary N) is 1. The first-order chi connectivity index (χ1) is 13.4. The van der Waals surface area contributed by atoms with Crippen molar-refractivity contribution in [2.24, 2.45) is 0 Å². The zero-order valence-corrected chi connectivity index (χ0v) is 16.5. The van der Waals surface area contributed by atoms with Crippen molar-refractivity contribution in [1.29, 1.82) is 0 Å². The fourth-order valence-electron chi connectivity index (χ4n) is 3.11. The van der Waals surface area contributed by atoms with Crippen LogP contribution in [0.1, 0.15) is 42.1 Å². The summed E-state index contributed by atoms with van der Waals surface area (Å²) < 4.78 is 5.47. The predicted molar refractivity (Wildman–Crippen MR) is 108 cm³/mol. The molecule has 0 aliphatic rings. The normalized spacial score (nSPS) is 11.9. The second kappa shape index (κ2) is 9.89. The van der Waals surface area contributed by atoms with Gasteiger partial charge < -0.3 is 26.0 Å². The van der Waals surface area contributed by atoms with Crippen molar-refractivity contribution in [3.63, 3.8) is 0 Å². The highest BCUT2D eigenvalue weighted by Gasteiger charge is 2.17. The molecular formula is C20H28N4O4. The lowest BCUT2D eigenvalue weighted by atomic mass is 10.00. The average molecular weight is 388 g/mol. The summed E-state index contributed by atoms with van der Waals surface area (Å²) in [5.74, 6) is 0.470. The van der Waals surface area contributed by atoms with Crippen molar-refractivity contribution >= 4 is 17.7 Å². The van der Waals surface area contributed by atoms with E-state index in [1.54, 1.807) is 19.2 Å². The van der Waals surface area contributed by atoms with Crippen molar-refractivity contribution in [2.45, 2.75) is 45.6 Å². The van der Waals surface area contributed by atoms with Crippen molar-refractivity contribution < 1.29 is 19.7 Å². The largest absolute Gasteiger partial charge is 0.496 e. The summed E-state index contributed by atoms with van der Waals surface area (Å²) in [5, 5.41) is 21.9. The van der Waals surface area contributed by atoms with E-state index in [-0.39, 0.29) is 25.0 Å². The van der Waals surface area contributed by atoms with Crippen LogP contribution in [0, 0.1) is 6.92 Å². The van der Waals surface area contributed by atoms with Gasteiger partial charge in [0.2, 0.25) is 5.95 Å². The monoisotopic (exact) mass is 388 g/mol. The summed E-state index contributed by atoms with van der Waals surface area (Å²) in [6.45, 7) is 3.90. The first-order valence-electron chi connectivity index (χ1n) is 9.25. The number of aliphatic hydroxyl groups is 1. The quantitative estimate of drug-likeness (QED) is 0.487. The maximum atomic E-state index is 11.0. The standard InChI is InChI=1S/C20H28N4O4/c1-4-5-15(11-25)23-19-16(12(2)22-20(21)24-19)10-14-7-6-13(9-18(26)27)8-17(14)28-3/h6-8,15,25H,4-5,9-11H2,1-3H3,(H,26,27)(H3,21,22,23,24). The first kappa shape index (κ1) is 21.4. The van der Waals surface area contributed by atoms with Crippen molar-refractivity contribution in [3.05, 3.63) is 40.6 Å². The van der Waals surface area contributed by atoms with E-state index < -0.39 is 5.97 Å². The second-order valence-electron chi connectivity index (χ2n) is 6.70. The number of aryl methyl sites for hydroxylation is 1. The molecule has 8 nitrogen and oxygen atoms in total. The third-order valence-corrected chi connectivity index (χ3v) is 4.50. The van der Waals surface area contributed by atoms with Gasteiger partial charge in [-0.1, -0.05) is 25.5 Å². The zero-order valence-electron chi connectivity index (χ0n) is 16.5. The van der Waals surface area contributed by atoms with Crippen LogP contribution in [0.5, 0.6) is 5.75 Å². The Balaban J connectivity index is 2.38. The van der Waals surface area contributed by atoms with E-state index in [0.29, 0.717) is 23.6 Å². The Hall–Kier alpha value is -2.87. The molecule has 28 heavy (non-hydrogen) atoms. The Kier molecular flexibility index (Phi) is 7.57. The van der Waals surface area contributed by atoms with Crippen LogP contribution in [0.15, 0.2) is 18.2 Å². The number of rotatable bonds is 10. The Morgan fingerprint density at radius 1 is 1.36 bits per heavy atom. The minimum Gasteiger partial charge on any atom is -0.496 e. The number of nitrogens with one attached hydrogen (secondary N) is 1. The molecule has 0 amide bonds. The molecule has 0 fully saturated rings. The number of carboxylic acid groups (broad SMARTS) is 1. The molecule has 1 atom stereocenters. The molecular weight excluding hydrogens is 360 g/mol. The van der Waals surface area contributed by atoms with E-state index in [2.05, 4.69) is 15.3 Å². The molecule has 152 valence electrons. The van der Waals surface area contributed by atoms with E-state index in [0.717, 1.165) is 29.7 Å². The second-order valence-corrected chi connectivity index (χ2v) is 6.70. The molecule has 1 unspecified atom stereocenters. The molecule has 0 aliphatic heterocycles. The van der Waals surface area contributed by atoms with E-state index in [1.165, 1.54) is 0 Å². The van der Waals surface area contributed by atoms with Crippen LogP contribution in [-0.4, -0.2) is 45.9 Å². The summed E-state index contributed by atoms with van der Waals surface area (Å²) in [7, 11) is 1.55. The minimum absolute atomic E-state index is 0.0105. The van der Waals surface area contributed by atoms with Crippen LogP contribution in [0.4, 0.5) is 11.8 Å². The number of benzene rings is 1. The fraction of sp³-hybridized carbons (Fsp3) is 0.450. The van der Waals surface area contributed by atoms with E-state index in [1.807, 2.05) is 19.9 Å². The van der Waals surface area contributed by atoms with Crippen molar-refractivity contribution in [2.75, 3.05) is 24.8 Å². The van der Waals surface area contributed by atoms with Gasteiger partial charge in [-0.05, 0) is 30.5 Å². The molecule has 0 aliphatic carbocycles. The Morgan fingerprint density at radius 3 is 2.71 bits per heavy atom. The van der Waals surface area contributed by atoms with Crippen LogP contribution in [-0.2, 0) is 17.6 Å². The third-order valence-electron chi connectivity index (χ3n) is 4.50. The molecule has 0 bridgehead atoms. The van der Waals surface area contributed by atoms with E-state index in [4.69, 9.17) is 15.6 Å². The summed E-state index contributed by atoms with van der Waals surface area (Å²) in [5.41, 5.74) is 8.97. The predicted octanol–water partition coefficient (Wildman–Crippen LogP) is 2.17. The highest BCUT2D eigenvalue weighted by Crippen LogP contribution is 2.28. The van der Waals surface area contributed by atoms with Crippen LogP contribution in [0.2, 0.25) is 0 Å². The molecule has 0 radical (unpaired) electrons. The maximum Gasteiger partial charge on any atom is 0.307 e. The van der Waals surface area contributed by atoms with Gasteiger partial charge in [-0.3, -0.25) is 4.79 Å². The number of anilines is 2. The number of aliphatic hydroxyl groups excluding tert-OH is 1. The van der Waals surface area contributed by atoms with Gasteiger partial charge in [0.1, 0.15) is 11.6 Å². The van der Waals surface area contributed by atoms with Gasteiger partial charge in [0, 0.05) is 17.7 Å². The SMILES string of the molecule is CCCC(CO)Nc1nc(N)nc(C)c1Cc1ccc(CC(=O)O)cc1OC. The van der Waals surface area contributed by atoms with Gasteiger partial charge in [-0.25, -0.2) is 4.98 Å². The molecule has 0 saturated carbocycles. The number of nitrogens with zero attached hydrogens (tertiary/aromatic N) is 2. The van der Waals surface area contributed by atoms with Crippen LogP contribution < -0.4 is 15.8 Å². The van der Waals surface area contributed by atoms with Gasteiger partial charge in [0.25, 0.3) is 0 Å². The van der Waals surface area contributed by atoms with E-state index >= 15 is 0 Å². The lowest BCUT2D eigenvalue weighted by Gasteiger charge is -2.20. The number of hydrogen-bond donors (Lipinski definition) is 4. The van der Waals surface area contributed by atoms with Crippen LogP contribution >= 0.6 is 0 Å². The summed E-state index contributed by atoms with van der Waals surface area (Å²) >= 11 is 0. The smallest absolute Gasteiger partial charge is 0.307 e. The number of aromatic nitrogens is 2. The number of methoxy groups -OCH3 is 1. The first-order valence-corrected chi connectivity index (χ1v) is 9.25. The van der Waals surface area contributed by atoms with Crippen LogP contribution in [0.25, 0.3) is 0 Å². The molecule has 1 aromatic heterocycles. The number of hydrogen-bond acceptors (Lipinski definition) is 7. The molecule has 8 heteroatoms. The van der Waals surface area contributed by atoms with E-state index in [9.17, 15) is 9.90 Å².